The average molecular weight is 533 g/mol. The molecule has 4 rings (SSSR count). The number of nitrogens with two attached hydrogens (primary N) is 2. The molecule has 6 N–H and O–H groups in total. The molecule has 0 aliphatic carbocycles. The van der Waals surface area contributed by atoms with E-state index in [1.54, 1.807) is 0 Å². The monoisotopic (exact) mass is 532 g/mol. The van der Waals surface area contributed by atoms with Crippen molar-refractivity contribution in [2.45, 2.75) is 13.1 Å². The molecule has 0 atom stereocenters. The van der Waals surface area contributed by atoms with Crippen molar-refractivity contribution in [2.24, 2.45) is 11.5 Å². The van der Waals surface area contributed by atoms with Crippen LogP contribution in [0.4, 0.5) is 0 Å². The Morgan fingerprint density at radius 1 is 0.649 bits per heavy atom. The molecule has 12 nitrogen and oxygen atoms in total. The zero-order valence-corrected chi connectivity index (χ0v) is 21.6. The Labute approximate surface area is 219 Å². The summed E-state index contributed by atoms with van der Waals surface area (Å²) in [5.41, 5.74) is 13.6. The van der Waals surface area contributed by atoms with Gasteiger partial charge >= 0.3 is 0 Å². The molecule has 13 heteroatoms. The van der Waals surface area contributed by atoms with E-state index in [0.29, 0.717) is 0 Å². The Hall–Kier alpha value is -3.23. The van der Waals surface area contributed by atoms with Gasteiger partial charge in [0.2, 0.25) is 0 Å². The van der Waals surface area contributed by atoms with Crippen LogP contribution in [0.2, 0.25) is 0 Å². The number of hydrogen-bond acceptors (Lipinski definition) is 8. The zero-order chi connectivity index (χ0) is 27.3. The Morgan fingerprint density at radius 3 is 1.16 bits per heavy atom. The smallest absolute Gasteiger partial charge is 0.188 e. The van der Waals surface area contributed by atoms with E-state index in [0.717, 1.165) is 65.4 Å². The fourth-order valence-electron chi connectivity index (χ4n) is 3.98. The van der Waals surface area contributed by atoms with Crippen LogP contribution in [0.15, 0.2) is 60.7 Å². The number of nitrogens with one attached hydrogen (secondary N) is 2. The van der Waals surface area contributed by atoms with Crippen LogP contribution in [-0.2, 0) is 23.5 Å². The molecular weight excluding hydrogens is 496 g/mol. The number of nitrogens with zero attached hydrogens (tertiary/aromatic N) is 4. The van der Waals surface area contributed by atoms with Gasteiger partial charge in [0, 0.05) is 75.8 Å². The van der Waals surface area contributed by atoms with Crippen molar-refractivity contribution in [2.75, 3.05) is 52.4 Å². The van der Waals surface area contributed by atoms with E-state index in [9.17, 15) is 0 Å². The molecule has 0 saturated carbocycles. The molecule has 2 aromatic carbocycles. The largest absolute Gasteiger partial charge is 0.759 e. The second kappa shape index (κ2) is 15.1. The van der Waals surface area contributed by atoms with Gasteiger partial charge in [-0.05, 0) is 11.1 Å². The summed E-state index contributed by atoms with van der Waals surface area (Å²) in [6.07, 6.45) is 0. The summed E-state index contributed by atoms with van der Waals surface area (Å²) in [7, 11) is -5.17. The highest BCUT2D eigenvalue weighted by molar-refractivity contribution is 7.79. The Kier molecular flexibility index (Phi) is 12.3. The lowest BCUT2D eigenvalue weighted by Gasteiger charge is -2.34. The van der Waals surface area contributed by atoms with Gasteiger partial charge in [0.05, 0.1) is 0 Å². The molecule has 204 valence electrons. The lowest BCUT2D eigenvalue weighted by molar-refractivity contribution is 0.174. The SMILES string of the molecule is N=C(N)N1CCN(Cc2ccccc2)CC1.N=C(N)N1CCN(Cc2ccccc2)CC1.O=S(=O)([O-])[O-]. The number of guanidine groups is 2. The van der Waals surface area contributed by atoms with Gasteiger partial charge in [0.15, 0.2) is 11.9 Å². The van der Waals surface area contributed by atoms with Crippen molar-refractivity contribution >= 4 is 22.3 Å². The minimum atomic E-state index is -5.17. The first kappa shape index (κ1) is 30.0. The summed E-state index contributed by atoms with van der Waals surface area (Å²) in [6.45, 7) is 9.36. The molecule has 0 unspecified atom stereocenters. The fourth-order valence-corrected chi connectivity index (χ4v) is 3.98. The van der Waals surface area contributed by atoms with Crippen molar-refractivity contribution in [3.8, 4) is 0 Å². The van der Waals surface area contributed by atoms with E-state index in [4.69, 9.17) is 39.8 Å². The summed E-state index contributed by atoms with van der Waals surface area (Å²) in [5.74, 6) is 0.388. The van der Waals surface area contributed by atoms with Crippen LogP contribution in [0.1, 0.15) is 11.1 Å². The Bertz CT molecular complexity index is 977. The van der Waals surface area contributed by atoms with Crippen LogP contribution in [-0.4, -0.2) is 101 Å². The first-order valence-corrected chi connectivity index (χ1v) is 13.2. The summed E-state index contributed by atoms with van der Waals surface area (Å²) < 4.78 is 34.1. The van der Waals surface area contributed by atoms with E-state index >= 15 is 0 Å². The van der Waals surface area contributed by atoms with E-state index < -0.39 is 10.4 Å². The predicted octanol–water partition coefficient (Wildman–Crippen LogP) is 0.0573. The molecular formula is C24H36N8O4S-2. The molecule has 2 fully saturated rings. The summed E-state index contributed by atoms with van der Waals surface area (Å²) in [6, 6.07) is 21.0. The van der Waals surface area contributed by atoms with Crippen molar-refractivity contribution in [1.82, 2.24) is 19.6 Å². The molecule has 2 heterocycles. The molecule has 0 aromatic heterocycles. The molecule has 0 spiro atoms. The average Bonchev–Trinajstić information content (AvgIpc) is 2.85. The van der Waals surface area contributed by atoms with Crippen LogP contribution < -0.4 is 11.5 Å². The minimum Gasteiger partial charge on any atom is -0.759 e. The van der Waals surface area contributed by atoms with Crippen molar-refractivity contribution in [3.05, 3.63) is 71.8 Å². The summed E-state index contributed by atoms with van der Waals surface area (Å²) in [4.78, 5) is 8.63. The lowest BCUT2D eigenvalue weighted by atomic mass is 10.2. The highest BCUT2D eigenvalue weighted by Gasteiger charge is 2.18. The number of hydrogen-bond donors (Lipinski definition) is 4. The van der Waals surface area contributed by atoms with E-state index in [-0.39, 0.29) is 11.9 Å². The van der Waals surface area contributed by atoms with Crippen molar-refractivity contribution in [3.63, 3.8) is 0 Å². The third-order valence-electron chi connectivity index (χ3n) is 5.92. The molecule has 0 amide bonds. The molecule has 0 bridgehead atoms. The third-order valence-corrected chi connectivity index (χ3v) is 5.92. The summed E-state index contributed by atoms with van der Waals surface area (Å²) >= 11 is 0. The highest BCUT2D eigenvalue weighted by atomic mass is 32.3. The van der Waals surface area contributed by atoms with Crippen LogP contribution in [0.25, 0.3) is 0 Å². The van der Waals surface area contributed by atoms with Crippen molar-refractivity contribution in [1.29, 1.82) is 10.8 Å². The Morgan fingerprint density at radius 2 is 0.919 bits per heavy atom. The van der Waals surface area contributed by atoms with Crippen LogP contribution >= 0.6 is 0 Å². The molecule has 2 aliphatic rings. The normalized spacial score (nSPS) is 16.6. The quantitative estimate of drug-likeness (QED) is 0.181. The van der Waals surface area contributed by atoms with Gasteiger partial charge < -0.3 is 30.4 Å². The first-order chi connectivity index (χ1) is 17.5. The van der Waals surface area contributed by atoms with Crippen LogP contribution in [0.3, 0.4) is 0 Å². The maximum Gasteiger partial charge on any atom is 0.188 e. The molecule has 2 aromatic rings. The minimum absolute atomic E-state index is 0.194. The van der Waals surface area contributed by atoms with Gasteiger partial charge in [0.25, 0.3) is 0 Å². The van der Waals surface area contributed by atoms with E-state index in [2.05, 4.69) is 58.3 Å². The maximum absolute atomic E-state index is 8.52. The van der Waals surface area contributed by atoms with Gasteiger partial charge in [-0.25, -0.2) is 0 Å². The highest BCUT2D eigenvalue weighted by Crippen LogP contribution is 2.09. The van der Waals surface area contributed by atoms with Gasteiger partial charge in [0.1, 0.15) is 0 Å². The number of benzene rings is 2. The third kappa shape index (κ3) is 13.0. The first-order valence-electron chi connectivity index (χ1n) is 11.9. The van der Waals surface area contributed by atoms with Gasteiger partial charge in [-0.3, -0.25) is 29.0 Å². The fraction of sp³-hybridized carbons (Fsp3) is 0.417. The topological polar surface area (TPSA) is 193 Å². The number of rotatable bonds is 4. The second-order valence-corrected chi connectivity index (χ2v) is 9.49. The molecule has 37 heavy (non-hydrogen) atoms. The van der Waals surface area contributed by atoms with Gasteiger partial charge in [-0.2, -0.15) is 0 Å². The lowest BCUT2D eigenvalue weighted by Crippen LogP contribution is -2.50. The Balaban J connectivity index is 0.000000221. The van der Waals surface area contributed by atoms with E-state index in [1.807, 2.05) is 21.9 Å². The standard InChI is InChI=1S/2C12H18N4.H2O4S/c2*13-12(14)16-8-6-15(7-9-16)10-11-4-2-1-3-5-11;1-5(2,3)4/h2*1-5H,6-10H2,(H3,13,14);(H2,1,2,3,4)/p-2. The maximum atomic E-state index is 8.52. The molecule has 2 saturated heterocycles. The predicted molar refractivity (Wildman–Crippen MR) is 141 cm³/mol. The van der Waals surface area contributed by atoms with Crippen LogP contribution in [0, 0.1) is 10.8 Å². The van der Waals surface area contributed by atoms with Crippen molar-refractivity contribution < 1.29 is 17.5 Å². The van der Waals surface area contributed by atoms with E-state index in [1.165, 1.54) is 11.1 Å². The van der Waals surface area contributed by atoms with Crippen LogP contribution in [0.5, 0.6) is 0 Å². The summed E-state index contributed by atoms with van der Waals surface area (Å²) in [5, 5.41) is 14.7. The molecule has 2 aliphatic heterocycles. The van der Waals surface area contributed by atoms with Gasteiger partial charge in [-0.1, -0.05) is 60.7 Å². The molecule has 0 radical (unpaired) electrons. The van der Waals surface area contributed by atoms with Gasteiger partial charge in [-0.15, -0.1) is 0 Å². The second-order valence-electron chi connectivity index (χ2n) is 8.68. The zero-order valence-electron chi connectivity index (χ0n) is 20.8. The number of piperazine rings is 2.